The SMILES string of the molecule is c1cnc(-n2ccc3c2CCCC3)nc1. The Kier molecular flexibility index (Phi) is 2.02. The molecule has 76 valence electrons. The van der Waals surface area contributed by atoms with Crippen LogP contribution in [0.4, 0.5) is 0 Å². The zero-order chi connectivity index (χ0) is 10.1. The minimum atomic E-state index is 0.792. The normalized spacial score (nSPS) is 14.9. The van der Waals surface area contributed by atoms with Crippen molar-refractivity contribution < 1.29 is 0 Å². The van der Waals surface area contributed by atoms with Gasteiger partial charge in [0.2, 0.25) is 5.95 Å². The van der Waals surface area contributed by atoms with Crippen LogP contribution < -0.4 is 0 Å². The van der Waals surface area contributed by atoms with Gasteiger partial charge in [0, 0.05) is 24.3 Å². The summed E-state index contributed by atoms with van der Waals surface area (Å²) in [4.78, 5) is 8.56. The average Bonchev–Trinajstić information content (AvgIpc) is 2.74. The summed E-state index contributed by atoms with van der Waals surface area (Å²) in [5.74, 6) is 0.792. The fourth-order valence-corrected chi connectivity index (χ4v) is 2.22. The maximum absolute atomic E-state index is 4.28. The number of nitrogens with zero attached hydrogens (tertiary/aromatic N) is 3. The Morgan fingerprint density at radius 2 is 1.87 bits per heavy atom. The minimum Gasteiger partial charge on any atom is -0.289 e. The van der Waals surface area contributed by atoms with Crippen molar-refractivity contribution in [3.63, 3.8) is 0 Å². The van der Waals surface area contributed by atoms with E-state index < -0.39 is 0 Å². The van der Waals surface area contributed by atoms with Gasteiger partial charge < -0.3 is 0 Å². The second-order valence-electron chi connectivity index (χ2n) is 3.91. The summed E-state index contributed by atoms with van der Waals surface area (Å²) in [5.41, 5.74) is 2.86. The number of rotatable bonds is 1. The number of aromatic nitrogens is 3. The second-order valence-corrected chi connectivity index (χ2v) is 3.91. The predicted molar refractivity (Wildman–Crippen MR) is 58.0 cm³/mol. The van der Waals surface area contributed by atoms with Gasteiger partial charge in [0.15, 0.2) is 0 Å². The third-order valence-corrected chi connectivity index (χ3v) is 2.96. The van der Waals surface area contributed by atoms with E-state index in [0.717, 1.165) is 12.4 Å². The molecule has 3 nitrogen and oxygen atoms in total. The molecule has 0 fully saturated rings. The lowest BCUT2D eigenvalue weighted by Crippen LogP contribution is -2.08. The molecule has 3 heteroatoms. The van der Waals surface area contributed by atoms with Crippen molar-refractivity contribution in [2.45, 2.75) is 25.7 Å². The number of hydrogen-bond donors (Lipinski definition) is 0. The molecular weight excluding hydrogens is 186 g/mol. The zero-order valence-corrected chi connectivity index (χ0v) is 8.56. The summed E-state index contributed by atoms with van der Waals surface area (Å²) in [5, 5.41) is 0. The highest BCUT2D eigenvalue weighted by atomic mass is 15.1. The molecule has 15 heavy (non-hydrogen) atoms. The molecule has 0 amide bonds. The summed E-state index contributed by atoms with van der Waals surface area (Å²) >= 11 is 0. The fourth-order valence-electron chi connectivity index (χ4n) is 2.22. The van der Waals surface area contributed by atoms with E-state index in [1.54, 1.807) is 12.4 Å². The first-order chi connectivity index (χ1) is 7.45. The van der Waals surface area contributed by atoms with Crippen molar-refractivity contribution in [2.75, 3.05) is 0 Å². The summed E-state index contributed by atoms with van der Waals surface area (Å²) in [6.07, 6.45) is 10.6. The highest BCUT2D eigenvalue weighted by Gasteiger charge is 2.14. The van der Waals surface area contributed by atoms with Crippen LogP contribution in [0.25, 0.3) is 5.95 Å². The van der Waals surface area contributed by atoms with Crippen molar-refractivity contribution in [3.8, 4) is 5.95 Å². The lowest BCUT2D eigenvalue weighted by Gasteiger charge is -2.14. The summed E-state index contributed by atoms with van der Waals surface area (Å²) in [7, 11) is 0. The zero-order valence-electron chi connectivity index (χ0n) is 8.56. The van der Waals surface area contributed by atoms with Crippen molar-refractivity contribution in [1.29, 1.82) is 0 Å². The van der Waals surface area contributed by atoms with Crippen LogP contribution in [0.3, 0.4) is 0 Å². The Balaban J connectivity index is 2.09. The third-order valence-electron chi connectivity index (χ3n) is 2.96. The molecule has 0 aromatic carbocycles. The van der Waals surface area contributed by atoms with Crippen LogP contribution in [0, 0.1) is 0 Å². The van der Waals surface area contributed by atoms with Gasteiger partial charge in [0.1, 0.15) is 0 Å². The predicted octanol–water partition coefficient (Wildman–Crippen LogP) is 2.15. The Bertz CT molecular complexity index is 459. The highest BCUT2D eigenvalue weighted by Crippen LogP contribution is 2.23. The molecule has 1 aliphatic carbocycles. The average molecular weight is 199 g/mol. The van der Waals surface area contributed by atoms with Crippen molar-refractivity contribution >= 4 is 0 Å². The smallest absolute Gasteiger partial charge is 0.233 e. The van der Waals surface area contributed by atoms with E-state index in [2.05, 4.69) is 26.8 Å². The Morgan fingerprint density at radius 1 is 1.07 bits per heavy atom. The van der Waals surface area contributed by atoms with Crippen LogP contribution in [0.2, 0.25) is 0 Å². The lowest BCUT2D eigenvalue weighted by atomic mass is 9.98. The van der Waals surface area contributed by atoms with Crippen LogP contribution in [0.15, 0.2) is 30.7 Å². The molecule has 0 saturated carbocycles. The van der Waals surface area contributed by atoms with Gasteiger partial charge in [-0.1, -0.05) is 0 Å². The molecule has 0 unspecified atom stereocenters. The Morgan fingerprint density at radius 3 is 2.73 bits per heavy atom. The molecule has 2 aromatic rings. The molecule has 0 aliphatic heterocycles. The van der Waals surface area contributed by atoms with E-state index in [9.17, 15) is 0 Å². The first-order valence-corrected chi connectivity index (χ1v) is 5.41. The van der Waals surface area contributed by atoms with E-state index in [1.165, 1.54) is 30.5 Å². The number of hydrogen-bond acceptors (Lipinski definition) is 2. The maximum atomic E-state index is 4.28. The molecule has 2 heterocycles. The molecule has 0 N–H and O–H groups in total. The van der Waals surface area contributed by atoms with Gasteiger partial charge in [0.25, 0.3) is 0 Å². The second kappa shape index (κ2) is 3.50. The summed E-state index contributed by atoms with van der Waals surface area (Å²) < 4.78 is 2.12. The maximum Gasteiger partial charge on any atom is 0.233 e. The van der Waals surface area contributed by atoms with Crippen LogP contribution in [-0.4, -0.2) is 14.5 Å². The van der Waals surface area contributed by atoms with Gasteiger partial charge in [0.05, 0.1) is 0 Å². The first-order valence-electron chi connectivity index (χ1n) is 5.41. The standard InChI is InChI=1S/C12H13N3/c1-2-5-11-10(4-1)6-9-15(11)12-13-7-3-8-14-12/h3,6-9H,1-2,4-5H2. The summed E-state index contributed by atoms with van der Waals surface area (Å²) in [6, 6.07) is 4.05. The van der Waals surface area contributed by atoms with Gasteiger partial charge in [-0.3, -0.25) is 4.57 Å². The molecule has 0 atom stereocenters. The minimum absolute atomic E-state index is 0.792. The molecule has 1 aliphatic rings. The molecular formula is C12H13N3. The van der Waals surface area contributed by atoms with Gasteiger partial charge >= 0.3 is 0 Å². The molecule has 0 bridgehead atoms. The molecule has 0 radical (unpaired) electrons. The van der Waals surface area contributed by atoms with Gasteiger partial charge in [-0.05, 0) is 43.4 Å². The third kappa shape index (κ3) is 1.44. The quantitative estimate of drug-likeness (QED) is 0.704. The van der Waals surface area contributed by atoms with Crippen molar-refractivity contribution in [2.24, 2.45) is 0 Å². The van der Waals surface area contributed by atoms with E-state index in [-0.39, 0.29) is 0 Å². The van der Waals surface area contributed by atoms with E-state index >= 15 is 0 Å². The van der Waals surface area contributed by atoms with E-state index in [1.807, 2.05) is 6.07 Å². The Hall–Kier alpha value is -1.64. The van der Waals surface area contributed by atoms with Crippen LogP contribution in [-0.2, 0) is 12.8 Å². The topological polar surface area (TPSA) is 30.7 Å². The van der Waals surface area contributed by atoms with Gasteiger partial charge in [-0.25, -0.2) is 9.97 Å². The molecule has 2 aromatic heterocycles. The van der Waals surface area contributed by atoms with Gasteiger partial charge in [-0.15, -0.1) is 0 Å². The van der Waals surface area contributed by atoms with Crippen LogP contribution in [0.1, 0.15) is 24.1 Å². The first kappa shape index (κ1) is 8.65. The lowest BCUT2D eigenvalue weighted by molar-refractivity contribution is 0.658. The molecule has 0 saturated heterocycles. The highest BCUT2D eigenvalue weighted by molar-refractivity contribution is 5.30. The van der Waals surface area contributed by atoms with Crippen LogP contribution >= 0.6 is 0 Å². The summed E-state index contributed by atoms with van der Waals surface area (Å²) in [6.45, 7) is 0. The van der Waals surface area contributed by atoms with Crippen molar-refractivity contribution in [3.05, 3.63) is 42.0 Å². The van der Waals surface area contributed by atoms with Crippen molar-refractivity contribution in [1.82, 2.24) is 14.5 Å². The molecule has 3 rings (SSSR count). The van der Waals surface area contributed by atoms with E-state index in [0.29, 0.717) is 0 Å². The number of aryl methyl sites for hydroxylation is 1. The Labute approximate surface area is 88.8 Å². The van der Waals surface area contributed by atoms with Crippen LogP contribution in [0.5, 0.6) is 0 Å². The molecule has 0 spiro atoms. The fraction of sp³-hybridized carbons (Fsp3) is 0.333. The monoisotopic (exact) mass is 199 g/mol. The van der Waals surface area contributed by atoms with E-state index in [4.69, 9.17) is 0 Å². The van der Waals surface area contributed by atoms with Gasteiger partial charge in [-0.2, -0.15) is 0 Å². The number of fused-ring (bicyclic) bond motifs is 1. The largest absolute Gasteiger partial charge is 0.289 e.